The predicted molar refractivity (Wildman–Crippen MR) is 193 cm³/mol. The maximum atomic E-state index is 5.45. The van der Waals surface area contributed by atoms with Gasteiger partial charge < -0.3 is 59.5 Å². The van der Waals surface area contributed by atoms with Crippen molar-refractivity contribution in [2.24, 2.45) is 23.7 Å². The van der Waals surface area contributed by atoms with E-state index < -0.39 is 0 Å². The molecular formula is C34H44CaN2S4. The molecule has 2 nitrogen and oxygen atoms in total. The van der Waals surface area contributed by atoms with Crippen molar-refractivity contribution >= 4 is 96.1 Å². The number of rotatable bonds is 4. The molecule has 4 rings (SSSR count). The van der Waals surface area contributed by atoms with Crippen molar-refractivity contribution < 1.29 is 0 Å². The maximum absolute atomic E-state index is 5.45. The zero-order valence-electron chi connectivity index (χ0n) is 25.8. The van der Waals surface area contributed by atoms with E-state index in [-0.39, 0.29) is 59.9 Å². The maximum Gasteiger partial charge on any atom is 2.00 e. The van der Waals surface area contributed by atoms with Crippen LogP contribution in [0.4, 0.5) is 0 Å². The third kappa shape index (κ3) is 7.21. The van der Waals surface area contributed by atoms with Crippen molar-refractivity contribution in [3.63, 3.8) is 0 Å². The normalized spacial score (nSPS) is 38.0. The van der Waals surface area contributed by atoms with Crippen molar-refractivity contribution in [3.8, 4) is 0 Å². The number of hydrogen-bond acceptors (Lipinski definition) is 4. The van der Waals surface area contributed by atoms with Gasteiger partial charge in [-0.15, -0.1) is 0 Å². The summed E-state index contributed by atoms with van der Waals surface area (Å²) in [7, 11) is 0. The van der Waals surface area contributed by atoms with E-state index in [4.69, 9.17) is 49.7 Å². The fourth-order valence-corrected chi connectivity index (χ4v) is 7.82. The second-order valence-corrected chi connectivity index (χ2v) is 14.3. The molecule has 8 atom stereocenters. The Hall–Kier alpha value is -0.600. The van der Waals surface area contributed by atoms with Crippen LogP contribution in [0.2, 0.25) is 0 Å². The fraction of sp³-hybridized carbons (Fsp3) is 0.471. The molecule has 0 aromatic rings. The van der Waals surface area contributed by atoms with Gasteiger partial charge in [0.2, 0.25) is 0 Å². The summed E-state index contributed by atoms with van der Waals surface area (Å²) in [5.41, 5.74) is -0.754. The van der Waals surface area contributed by atoms with Gasteiger partial charge in [0, 0.05) is 23.7 Å². The van der Waals surface area contributed by atoms with Gasteiger partial charge >= 0.3 is 37.7 Å². The summed E-state index contributed by atoms with van der Waals surface area (Å²) in [5.74, 6) is 1.43. The van der Waals surface area contributed by atoms with Crippen molar-refractivity contribution in [1.29, 1.82) is 0 Å². The van der Waals surface area contributed by atoms with Crippen molar-refractivity contribution in [3.05, 3.63) is 97.2 Å². The SMILES string of the molecule is CC1C=CC=CC1(C)N(C(=S)[S-])C1(C)C=CC=CC1C.CC1C=CC=CC1(C)N(C(=S)[S-])C1(C)C=CC=CC1C.[Ca+2]. The zero-order valence-corrected chi connectivity index (χ0v) is 31.3. The van der Waals surface area contributed by atoms with E-state index >= 15 is 0 Å². The molecule has 0 fully saturated rings. The second-order valence-electron chi connectivity index (χ2n) is 12.2. The summed E-state index contributed by atoms with van der Waals surface area (Å²) in [4.78, 5) is 4.47. The van der Waals surface area contributed by atoms with Crippen LogP contribution in [0.3, 0.4) is 0 Å². The van der Waals surface area contributed by atoms with Gasteiger partial charge in [-0.25, -0.2) is 0 Å². The van der Waals surface area contributed by atoms with Gasteiger partial charge in [-0.2, -0.15) is 0 Å². The summed E-state index contributed by atoms with van der Waals surface area (Å²) in [5, 5.41) is 0. The molecule has 0 saturated heterocycles. The molecule has 0 aliphatic heterocycles. The third-order valence-electron chi connectivity index (χ3n) is 9.76. The van der Waals surface area contributed by atoms with Crippen LogP contribution >= 0.6 is 24.4 Å². The third-order valence-corrected chi connectivity index (χ3v) is 10.5. The van der Waals surface area contributed by atoms with Gasteiger partial charge in [-0.05, 0) is 27.7 Å². The first kappa shape index (κ1) is 36.6. The largest absolute Gasteiger partial charge is 2.00 e. The summed E-state index contributed by atoms with van der Waals surface area (Å²) < 4.78 is 1.07. The Kier molecular flexibility index (Phi) is 12.9. The van der Waals surface area contributed by atoms with Gasteiger partial charge in [-0.1, -0.05) is 134 Å². The number of thiocarbonyl (C=S) groups is 2. The summed E-state index contributed by atoms with van der Waals surface area (Å²) >= 11 is 21.8. The van der Waals surface area contributed by atoms with Crippen molar-refractivity contribution in [2.45, 2.75) is 77.5 Å². The molecule has 8 unspecified atom stereocenters. The number of hydrogen-bond donors (Lipinski definition) is 0. The summed E-state index contributed by atoms with van der Waals surface area (Å²) in [6.45, 7) is 17.8. The standard InChI is InChI=1S/2C17H23NS2.Ca/c2*1-13-9-5-7-11-16(13,3)18(15(19)20)17(4)12-8-6-10-14(17)2;/h2*5-14H,1-4H3,(H,19,20);/q;;+2/p-2. The molecule has 216 valence electrons. The number of allylic oxidation sites excluding steroid dienone is 8. The van der Waals surface area contributed by atoms with Crippen LogP contribution in [0, 0.1) is 23.7 Å². The minimum Gasteiger partial charge on any atom is -0.411 e. The van der Waals surface area contributed by atoms with E-state index in [2.05, 4.69) is 162 Å². The molecule has 0 radical (unpaired) electrons. The Morgan fingerprint density at radius 3 is 0.829 bits per heavy atom. The van der Waals surface area contributed by atoms with Crippen LogP contribution in [-0.2, 0) is 25.3 Å². The molecule has 0 aromatic heterocycles. The van der Waals surface area contributed by atoms with Crippen LogP contribution in [0.5, 0.6) is 0 Å². The Bertz CT molecular complexity index is 1050. The first-order chi connectivity index (χ1) is 18.6. The molecule has 4 aliphatic carbocycles. The van der Waals surface area contributed by atoms with Crippen LogP contribution in [0.1, 0.15) is 55.4 Å². The van der Waals surface area contributed by atoms with E-state index in [1.54, 1.807) is 0 Å². The Morgan fingerprint density at radius 1 is 0.488 bits per heavy atom. The molecule has 41 heavy (non-hydrogen) atoms. The average Bonchev–Trinajstić information content (AvgIpc) is 2.87. The summed E-state index contributed by atoms with van der Waals surface area (Å²) in [6, 6.07) is 0. The minimum atomic E-state index is -0.188. The Morgan fingerprint density at radius 2 is 0.683 bits per heavy atom. The van der Waals surface area contributed by atoms with Gasteiger partial charge in [0.15, 0.2) is 0 Å². The molecule has 0 spiro atoms. The van der Waals surface area contributed by atoms with E-state index in [0.29, 0.717) is 32.3 Å². The molecule has 0 aromatic carbocycles. The number of nitrogens with zero attached hydrogens (tertiary/aromatic N) is 2. The van der Waals surface area contributed by atoms with Crippen LogP contribution in [-0.4, -0.2) is 78.3 Å². The topological polar surface area (TPSA) is 6.48 Å². The molecule has 0 heterocycles. The summed E-state index contributed by atoms with van der Waals surface area (Å²) in [6.07, 6.45) is 34.5. The van der Waals surface area contributed by atoms with Gasteiger partial charge in [0.05, 0.1) is 22.2 Å². The molecule has 4 aliphatic rings. The quantitative estimate of drug-likeness (QED) is 0.172. The van der Waals surface area contributed by atoms with E-state index in [9.17, 15) is 0 Å². The molecule has 0 bridgehead atoms. The molecule has 0 N–H and O–H groups in total. The van der Waals surface area contributed by atoms with Gasteiger partial charge in [0.1, 0.15) is 0 Å². The Labute approximate surface area is 301 Å². The van der Waals surface area contributed by atoms with Gasteiger partial charge in [0.25, 0.3) is 0 Å². The van der Waals surface area contributed by atoms with E-state index in [1.807, 2.05) is 0 Å². The molecule has 0 amide bonds. The van der Waals surface area contributed by atoms with Crippen LogP contribution in [0.25, 0.3) is 0 Å². The van der Waals surface area contributed by atoms with Crippen LogP contribution in [0.15, 0.2) is 97.2 Å². The van der Waals surface area contributed by atoms with Crippen molar-refractivity contribution in [1.82, 2.24) is 9.80 Å². The molecule has 0 saturated carbocycles. The molecular weight excluding hydrogens is 605 g/mol. The first-order valence-electron chi connectivity index (χ1n) is 14.1. The monoisotopic (exact) mass is 648 g/mol. The zero-order chi connectivity index (χ0) is 29.9. The van der Waals surface area contributed by atoms with E-state index in [0.717, 1.165) is 0 Å². The van der Waals surface area contributed by atoms with E-state index in [1.165, 1.54) is 0 Å². The second kappa shape index (κ2) is 14.5. The molecule has 7 heteroatoms. The average molecular weight is 649 g/mol. The van der Waals surface area contributed by atoms with Gasteiger partial charge in [-0.3, -0.25) is 0 Å². The Balaban J connectivity index is 0.000000280. The van der Waals surface area contributed by atoms with Crippen molar-refractivity contribution in [2.75, 3.05) is 0 Å². The smallest absolute Gasteiger partial charge is 0.411 e. The fourth-order valence-electron chi connectivity index (χ4n) is 6.25. The minimum absolute atomic E-state index is 0. The van der Waals surface area contributed by atoms with Crippen LogP contribution < -0.4 is 0 Å². The first-order valence-corrected chi connectivity index (χ1v) is 15.7. The predicted octanol–water partition coefficient (Wildman–Crippen LogP) is 7.94.